The minimum Gasteiger partial charge on any atom is -0.497 e. The Hall–Kier alpha value is -4.98. The van der Waals surface area contributed by atoms with Crippen molar-refractivity contribution in [3.05, 3.63) is 125 Å². The van der Waals surface area contributed by atoms with Crippen molar-refractivity contribution in [1.29, 1.82) is 0 Å². The molecule has 0 saturated heterocycles. The van der Waals surface area contributed by atoms with Crippen LogP contribution in [0.4, 0.5) is 0 Å². The molecule has 186 valence electrons. The lowest BCUT2D eigenvalue weighted by Crippen LogP contribution is -2.16. The Labute approximate surface area is 219 Å². The maximum atomic E-state index is 6.49. The topological polar surface area (TPSA) is 79.4 Å². The molecule has 0 saturated carbocycles. The van der Waals surface area contributed by atoms with Crippen LogP contribution in [0.5, 0.6) is 17.5 Å². The van der Waals surface area contributed by atoms with E-state index in [0.29, 0.717) is 24.0 Å². The van der Waals surface area contributed by atoms with Gasteiger partial charge in [0.25, 0.3) is 0 Å². The first-order chi connectivity index (χ1) is 18.7. The second-order valence-corrected chi connectivity index (χ2v) is 9.28. The molecule has 3 aromatic carbocycles. The van der Waals surface area contributed by atoms with Gasteiger partial charge in [0, 0.05) is 6.42 Å². The van der Waals surface area contributed by atoms with Crippen molar-refractivity contribution in [3.63, 3.8) is 0 Å². The third kappa shape index (κ3) is 3.61. The number of para-hydroxylation sites is 1. The molecule has 1 atom stereocenters. The summed E-state index contributed by atoms with van der Waals surface area (Å²) in [6, 6.07) is 28.3. The molecule has 8 heteroatoms. The van der Waals surface area contributed by atoms with Gasteiger partial charge in [-0.1, -0.05) is 60.7 Å². The highest BCUT2D eigenvalue weighted by Gasteiger charge is 2.38. The first kappa shape index (κ1) is 22.2. The highest BCUT2D eigenvalue weighted by Crippen LogP contribution is 2.49. The first-order valence-corrected chi connectivity index (χ1v) is 12.4. The molecule has 0 spiro atoms. The molecule has 1 aliphatic rings. The third-order valence-corrected chi connectivity index (χ3v) is 6.92. The number of hydrogen-bond acceptors (Lipinski definition) is 6. The molecule has 0 bridgehead atoms. The summed E-state index contributed by atoms with van der Waals surface area (Å²) in [5.74, 6) is 2.55. The van der Waals surface area contributed by atoms with Crippen LogP contribution in [-0.4, -0.2) is 36.5 Å². The number of rotatable bonds is 5. The summed E-state index contributed by atoms with van der Waals surface area (Å²) in [5, 5.41) is 9.64. The highest BCUT2D eigenvalue weighted by molar-refractivity contribution is 5.66. The zero-order valence-corrected chi connectivity index (χ0v) is 20.9. The van der Waals surface area contributed by atoms with Crippen LogP contribution >= 0.6 is 0 Å². The Morgan fingerprint density at radius 3 is 2.34 bits per heavy atom. The average Bonchev–Trinajstić information content (AvgIpc) is 3.53. The molecule has 38 heavy (non-hydrogen) atoms. The maximum Gasteiger partial charge on any atom is 0.230 e. The van der Waals surface area contributed by atoms with Crippen molar-refractivity contribution in [3.8, 4) is 23.2 Å². The van der Waals surface area contributed by atoms with Gasteiger partial charge in [-0.05, 0) is 42.3 Å². The Balaban J connectivity index is 1.39. The Morgan fingerprint density at radius 2 is 1.61 bits per heavy atom. The number of aryl methyl sites for hydroxylation is 1. The fourth-order valence-electron chi connectivity index (χ4n) is 5.15. The molecule has 0 unspecified atom stereocenters. The molecule has 8 nitrogen and oxygen atoms in total. The number of methoxy groups -OCH3 is 1. The monoisotopic (exact) mass is 500 g/mol. The largest absolute Gasteiger partial charge is 0.497 e. The van der Waals surface area contributed by atoms with Gasteiger partial charge < -0.3 is 9.47 Å². The summed E-state index contributed by atoms with van der Waals surface area (Å²) in [4.78, 5) is 9.67. The minimum atomic E-state index is -0.165. The van der Waals surface area contributed by atoms with Gasteiger partial charge in [-0.25, -0.2) is 19.2 Å². The molecule has 1 aliphatic heterocycles. The Morgan fingerprint density at radius 1 is 0.868 bits per heavy atom. The van der Waals surface area contributed by atoms with Crippen molar-refractivity contribution in [2.75, 3.05) is 7.11 Å². The predicted molar refractivity (Wildman–Crippen MR) is 142 cm³/mol. The molecule has 0 amide bonds. The molecule has 3 aromatic heterocycles. The van der Waals surface area contributed by atoms with Gasteiger partial charge in [0.05, 0.1) is 35.5 Å². The molecule has 0 radical (unpaired) electrons. The van der Waals surface area contributed by atoms with Crippen LogP contribution in [0.1, 0.15) is 39.7 Å². The van der Waals surface area contributed by atoms with E-state index < -0.39 is 0 Å². The average molecular weight is 501 g/mol. The fraction of sp³-hybridized carbons (Fsp3) is 0.133. The number of fused-ring (bicyclic) bond motifs is 4. The van der Waals surface area contributed by atoms with Crippen LogP contribution in [0.25, 0.3) is 11.3 Å². The summed E-state index contributed by atoms with van der Waals surface area (Å²) in [5.41, 5.74) is 6.65. The van der Waals surface area contributed by atoms with E-state index in [0.717, 1.165) is 45.0 Å². The minimum absolute atomic E-state index is 0.165. The van der Waals surface area contributed by atoms with Gasteiger partial charge in [-0.3, -0.25) is 0 Å². The van der Waals surface area contributed by atoms with E-state index in [1.807, 2.05) is 84.4 Å². The Kier molecular flexibility index (Phi) is 5.18. The number of hydrogen-bond donors (Lipinski definition) is 0. The van der Waals surface area contributed by atoms with Crippen molar-refractivity contribution < 1.29 is 9.47 Å². The van der Waals surface area contributed by atoms with Crippen LogP contribution in [0.2, 0.25) is 0 Å². The van der Waals surface area contributed by atoms with Gasteiger partial charge in [0.15, 0.2) is 11.5 Å². The van der Waals surface area contributed by atoms with Crippen LogP contribution in [0.3, 0.4) is 0 Å². The van der Waals surface area contributed by atoms with Gasteiger partial charge in [-0.2, -0.15) is 5.10 Å². The van der Waals surface area contributed by atoms with Crippen LogP contribution < -0.4 is 9.47 Å². The van der Waals surface area contributed by atoms with Crippen LogP contribution in [0.15, 0.2) is 91.3 Å². The SMILES string of the molecule is COc1ccc(Cc2nc3c4c(ncn3n2)Oc2c(c(C)nn2-c2ccccc2)[C@@H]4c2ccccc2)cc1. The van der Waals surface area contributed by atoms with Gasteiger partial charge in [0.2, 0.25) is 11.8 Å². The molecule has 4 heterocycles. The number of benzene rings is 3. The molecule has 6 aromatic rings. The van der Waals surface area contributed by atoms with Crippen LogP contribution in [-0.2, 0) is 6.42 Å². The van der Waals surface area contributed by atoms with Crippen molar-refractivity contribution in [2.24, 2.45) is 0 Å². The summed E-state index contributed by atoms with van der Waals surface area (Å²) in [6.45, 7) is 2.02. The normalized spacial score (nSPS) is 14.1. The lowest BCUT2D eigenvalue weighted by atomic mass is 9.84. The molecule has 0 aliphatic carbocycles. The molecule has 0 fully saturated rings. The first-order valence-electron chi connectivity index (χ1n) is 12.4. The zero-order valence-electron chi connectivity index (χ0n) is 20.9. The molecule has 0 N–H and O–H groups in total. The quantitative estimate of drug-likeness (QED) is 0.310. The highest BCUT2D eigenvalue weighted by atomic mass is 16.5. The van der Waals surface area contributed by atoms with Gasteiger partial charge >= 0.3 is 0 Å². The number of nitrogens with zero attached hydrogens (tertiary/aromatic N) is 6. The number of ether oxygens (including phenoxy) is 2. The van der Waals surface area contributed by atoms with E-state index in [4.69, 9.17) is 24.7 Å². The fourth-order valence-corrected chi connectivity index (χ4v) is 5.15. The summed E-state index contributed by atoms with van der Waals surface area (Å²) >= 11 is 0. The van der Waals surface area contributed by atoms with Gasteiger partial charge in [0.1, 0.15) is 12.1 Å². The molecule has 7 rings (SSSR count). The Bertz CT molecular complexity index is 1760. The van der Waals surface area contributed by atoms with E-state index >= 15 is 0 Å². The maximum absolute atomic E-state index is 6.49. The lowest BCUT2D eigenvalue weighted by Gasteiger charge is -2.26. The zero-order chi connectivity index (χ0) is 25.6. The van der Waals surface area contributed by atoms with E-state index in [-0.39, 0.29) is 5.92 Å². The van der Waals surface area contributed by atoms with E-state index in [9.17, 15) is 0 Å². The van der Waals surface area contributed by atoms with Gasteiger partial charge in [-0.15, -0.1) is 5.10 Å². The molecular weight excluding hydrogens is 476 g/mol. The second-order valence-electron chi connectivity index (χ2n) is 9.28. The number of aromatic nitrogens is 6. The smallest absolute Gasteiger partial charge is 0.230 e. The van der Waals surface area contributed by atoms with Crippen molar-refractivity contribution in [2.45, 2.75) is 19.3 Å². The van der Waals surface area contributed by atoms with E-state index in [2.05, 4.69) is 17.1 Å². The van der Waals surface area contributed by atoms with Crippen molar-refractivity contribution >= 4 is 5.65 Å². The van der Waals surface area contributed by atoms with Crippen molar-refractivity contribution in [1.82, 2.24) is 29.4 Å². The summed E-state index contributed by atoms with van der Waals surface area (Å²) < 4.78 is 15.4. The van der Waals surface area contributed by atoms with E-state index in [1.165, 1.54) is 0 Å². The van der Waals surface area contributed by atoms with E-state index in [1.54, 1.807) is 18.0 Å². The van der Waals surface area contributed by atoms with Crippen LogP contribution in [0, 0.1) is 6.92 Å². The standard InChI is InChI=1S/C30H24N6O2/c1-19-25-26(21-9-5-3-6-10-21)27-28-32-24(17-20-13-15-23(37-2)16-14-20)34-35(28)18-31-29(27)38-30(25)36(33-19)22-11-7-4-8-12-22/h3-16,18,26H,17H2,1-2H3/t26-/m0/s1. The second kappa shape index (κ2) is 8.85. The lowest BCUT2D eigenvalue weighted by molar-refractivity contribution is 0.402. The third-order valence-electron chi connectivity index (χ3n) is 6.92. The molecular formula is C30H24N6O2. The predicted octanol–water partition coefficient (Wildman–Crippen LogP) is 5.50. The summed E-state index contributed by atoms with van der Waals surface area (Å²) in [7, 11) is 1.66. The summed E-state index contributed by atoms with van der Waals surface area (Å²) in [6.07, 6.45) is 2.26.